The zero-order chi connectivity index (χ0) is 12.4. The molecule has 1 aromatic rings. The minimum absolute atomic E-state index is 0.155. The molecule has 0 bridgehead atoms. The molecule has 0 aromatic heterocycles. The molecule has 3 nitrogen and oxygen atoms in total. The molecule has 0 aliphatic heterocycles. The molecule has 2 atom stereocenters. The summed E-state index contributed by atoms with van der Waals surface area (Å²) in [6.07, 6.45) is 3.61. The van der Waals surface area contributed by atoms with Crippen LogP contribution < -0.4 is 5.32 Å². The molecule has 2 N–H and O–H groups in total. The van der Waals surface area contributed by atoms with Crippen LogP contribution in [0.3, 0.4) is 0 Å². The smallest absolute Gasteiger partial charge is 0.337 e. The van der Waals surface area contributed by atoms with Crippen LogP contribution in [0.1, 0.15) is 36.5 Å². The van der Waals surface area contributed by atoms with E-state index in [-0.39, 0.29) is 10.6 Å². The van der Waals surface area contributed by atoms with Crippen LogP contribution in [-0.4, -0.2) is 17.1 Å². The second-order valence-corrected chi connectivity index (χ2v) is 5.07. The lowest BCUT2D eigenvalue weighted by Gasteiger charge is -2.19. The molecule has 0 radical (unpaired) electrons. The standard InChI is InChI=1S/C13H16ClNO2/c1-8-3-2-4-12(8)15-9-5-6-11(14)10(7-9)13(16)17/h5-8,12,15H,2-4H2,1H3,(H,16,17). The molecule has 17 heavy (non-hydrogen) atoms. The van der Waals surface area contributed by atoms with Gasteiger partial charge in [0.15, 0.2) is 0 Å². The highest BCUT2D eigenvalue weighted by atomic mass is 35.5. The van der Waals surface area contributed by atoms with Crippen LogP contribution >= 0.6 is 11.6 Å². The van der Waals surface area contributed by atoms with Crippen LogP contribution in [-0.2, 0) is 0 Å². The predicted octanol–water partition coefficient (Wildman–Crippen LogP) is 3.64. The Balaban J connectivity index is 2.16. The van der Waals surface area contributed by atoms with Gasteiger partial charge in [-0.1, -0.05) is 24.9 Å². The molecule has 4 heteroatoms. The van der Waals surface area contributed by atoms with Crippen molar-refractivity contribution in [3.8, 4) is 0 Å². The van der Waals surface area contributed by atoms with Crippen LogP contribution in [0.2, 0.25) is 5.02 Å². The van der Waals surface area contributed by atoms with Gasteiger partial charge >= 0.3 is 5.97 Å². The number of anilines is 1. The highest BCUT2D eigenvalue weighted by Gasteiger charge is 2.23. The summed E-state index contributed by atoms with van der Waals surface area (Å²) in [4.78, 5) is 11.0. The Morgan fingerprint density at radius 1 is 1.47 bits per heavy atom. The van der Waals surface area contributed by atoms with Crippen LogP contribution in [0.15, 0.2) is 18.2 Å². The van der Waals surface area contributed by atoms with Gasteiger partial charge in [-0.15, -0.1) is 0 Å². The van der Waals surface area contributed by atoms with E-state index in [2.05, 4.69) is 12.2 Å². The lowest BCUT2D eigenvalue weighted by atomic mass is 10.1. The van der Waals surface area contributed by atoms with Crippen molar-refractivity contribution >= 4 is 23.3 Å². The summed E-state index contributed by atoms with van der Waals surface area (Å²) >= 11 is 5.83. The molecule has 92 valence electrons. The topological polar surface area (TPSA) is 49.3 Å². The van der Waals surface area contributed by atoms with Crippen molar-refractivity contribution in [2.75, 3.05) is 5.32 Å². The fourth-order valence-electron chi connectivity index (χ4n) is 2.35. The van der Waals surface area contributed by atoms with Gasteiger partial charge in [0, 0.05) is 11.7 Å². The normalized spacial score (nSPS) is 23.6. The van der Waals surface area contributed by atoms with Crippen LogP contribution in [0.5, 0.6) is 0 Å². The zero-order valence-electron chi connectivity index (χ0n) is 9.74. The van der Waals surface area contributed by atoms with Crippen LogP contribution in [0, 0.1) is 5.92 Å². The minimum Gasteiger partial charge on any atom is -0.478 e. The third kappa shape index (κ3) is 2.72. The van der Waals surface area contributed by atoms with E-state index in [0.717, 1.165) is 12.1 Å². The molecule has 0 amide bonds. The molecule has 0 saturated heterocycles. The van der Waals surface area contributed by atoms with Crippen LogP contribution in [0.4, 0.5) is 5.69 Å². The average molecular weight is 254 g/mol. The maximum atomic E-state index is 11.0. The predicted molar refractivity (Wildman–Crippen MR) is 68.8 cm³/mol. The Morgan fingerprint density at radius 2 is 2.24 bits per heavy atom. The van der Waals surface area contributed by atoms with E-state index in [1.54, 1.807) is 12.1 Å². The first-order valence-electron chi connectivity index (χ1n) is 5.87. The van der Waals surface area contributed by atoms with Gasteiger partial charge in [0.05, 0.1) is 10.6 Å². The second-order valence-electron chi connectivity index (χ2n) is 4.66. The molecule has 1 saturated carbocycles. The zero-order valence-corrected chi connectivity index (χ0v) is 10.5. The highest BCUT2D eigenvalue weighted by Crippen LogP contribution is 2.29. The Labute approximate surface area is 106 Å². The summed E-state index contributed by atoms with van der Waals surface area (Å²) in [5.41, 5.74) is 0.993. The fourth-order valence-corrected chi connectivity index (χ4v) is 2.55. The maximum absolute atomic E-state index is 11.0. The Morgan fingerprint density at radius 3 is 2.82 bits per heavy atom. The van der Waals surface area contributed by atoms with Crippen molar-refractivity contribution in [1.82, 2.24) is 0 Å². The number of halogens is 1. The summed E-state index contributed by atoms with van der Waals surface area (Å²) in [5.74, 6) is -0.350. The summed E-state index contributed by atoms with van der Waals surface area (Å²) in [7, 11) is 0. The number of carbonyl (C=O) groups is 1. The van der Waals surface area contributed by atoms with E-state index in [0.29, 0.717) is 12.0 Å². The molecule has 2 unspecified atom stereocenters. The number of nitrogens with one attached hydrogen (secondary N) is 1. The minimum atomic E-state index is -0.988. The average Bonchev–Trinajstić information content (AvgIpc) is 2.67. The van der Waals surface area contributed by atoms with Gasteiger partial charge < -0.3 is 10.4 Å². The molecule has 1 aliphatic rings. The molecule has 1 aliphatic carbocycles. The van der Waals surface area contributed by atoms with E-state index in [9.17, 15) is 4.79 Å². The largest absolute Gasteiger partial charge is 0.478 e. The van der Waals surface area contributed by atoms with E-state index in [1.165, 1.54) is 12.8 Å². The SMILES string of the molecule is CC1CCCC1Nc1ccc(Cl)c(C(=O)O)c1. The molecule has 1 fully saturated rings. The van der Waals surface area contributed by atoms with Gasteiger partial charge in [-0.3, -0.25) is 0 Å². The summed E-state index contributed by atoms with van der Waals surface area (Å²) in [6.45, 7) is 2.22. The number of hydrogen-bond acceptors (Lipinski definition) is 2. The number of rotatable bonds is 3. The Bertz CT molecular complexity index is 433. The molecular weight excluding hydrogens is 238 g/mol. The fraction of sp³-hybridized carbons (Fsp3) is 0.462. The molecular formula is C13H16ClNO2. The van der Waals surface area contributed by atoms with E-state index in [4.69, 9.17) is 16.7 Å². The van der Waals surface area contributed by atoms with Gasteiger partial charge in [-0.25, -0.2) is 4.79 Å². The quantitative estimate of drug-likeness (QED) is 0.865. The number of aromatic carboxylic acids is 1. The number of benzene rings is 1. The maximum Gasteiger partial charge on any atom is 0.337 e. The van der Waals surface area contributed by atoms with E-state index >= 15 is 0 Å². The number of carboxylic acids is 1. The van der Waals surface area contributed by atoms with Gasteiger partial charge in [0.2, 0.25) is 0 Å². The van der Waals surface area contributed by atoms with Crippen molar-refractivity contribution in [2.45, 2.75) is 32.2 Å². The van der Waals surface area contributed by atoms with Gasteiger partial charge in [-0.05, 0) is 37.0 Å². The van der Waals surface area contributed by atoms with Crippen molar-refractivity contribution in [2.24, 2.45) is 5.92 Å². The Kier molecular flexibility index (Phi) is 3.57. The van der Waals surface area contributed by atoms with Gasteiger partial charge in [0.25, 0.3) is 0 Å². The molecule has 2 rings (SSSR count). The monoisotopic (exact) mass is 253 g/mol. The first kappa shape index (κ1) is 12.2. The number of carboxylic acid groups (broad SMARTS) is 1. The first-order chi connectivity index (χ1) is 8.08. The van der Waals surface area contributed by atoms with Crippen LogP contribution in [0.25, 0.3) is 0 Å². The Hall–Kier alpha value is -1.22. The van der Waals surface area contributed by atoms with E-state index in [1.807, 2.05) is 6.07 Å². The third-order valence-electron chi connectivity index (χ3n) is 3.41. The van der Waals surface area contributed by atoms with Crippen molar-refractivity contribution < 1.29 is 9.90 Å². The summed E-state index contributed by atoms with van der Waals surface area (Å²) in [5, 5.41) is 12.7. The molecule has 0 heterocycles. The lowest BCUT2D eigenvalue weighted by molar-refractivity contribution is 0.0697. The molecule has 0 spiro atoms. The van der Waals surface area contributed by atoms with Crippen molar-refractivity contribution in [3.05, 3.63) is 28.8 Å². The lowest BCUT2D eigenvalue weighted by Crippen LogP contribution is -2.21. The van der Waals surface area contributed by atoms with Crippen molar-refractivity contribution in [3.63, 3.8) is 0 Å². The molecule has 1 aromatic carbocycles. The number of hydrogen-bond donors (Lipinski definition) is 2. The highest BCUT2D eigenvalue weighted by molar-refractivity contribution is 6.33. The first-order valence-corrected chi connectivity index (χ1v) is 6.25. The summed E-state index contributed by atoms with van der Waals surface area (Å²) in [6, 6.07) is 5.51. The second kappa shape index (κ2) is 4.96. The van der Waals surface area contributed by atoms with Crippen molar-refractivity contribution in [1.29, 1.82) is 0 Å². The third-order valence-corrected chi connectivity index (χ3v) is 3.74. The summed E-state index contributed by atoms with van der Waals surface area (Å²) < 4.78 is 0. The van der Waals surface area contributed by atoms with E-state index < -0.39 is 5.97 Å². The van der Waals surface area contributed by atoms with Gasteiger partial charge in [-0.2, -0.15) is 0 Å². The van der Waals surface area contributed by atoms with Gasteiger partial charge in [0.1, 0.15) is 0 Å².